The summed E-state index contributed by atoms with van der Waals surface area (Å²) in [6, 6.07) is 0.0323. The predicted molar refractivity (Wildman–Crippen MR) is 81.7 cm³/mol. The van der Waals surface area contributed by atoms with Crippen LogP contribution in [0.4, 0.5) is 9.59 Å². The van der Waals surface area contributed by atoms with E-state index in [2.05, 4.69) is 0 Å². The minimum Gasteiger partial charge on any atom is -0.480 e. The first-order valence-electron chi connectivity index (χ1n) is 7.74. The number of rotatable bonds is 5. The van der Waals surface area contributed by atoms with Gasteiger partial charge in [0, 0.05) is 45.8 Å². The number of amides is 4. The van der Waals surface area contributed by atoms with Crippen LogP contribution in [0.3, 0.4) is 0 Å². The van der Waals surface area contributed by atoms with E-state index in [1.165, 1.54) is 4.90 Å². The number of carbonyl (C=O) groups is 3. The third-order valence-corrected chi connectivity index (χ3v) is 3.83. The van der Waals surface area contributed by atoms with Gasteiger partial charge in [0.25, 0.3) is 0 Å². The maximum absolute atomic E-state index is 11.3. The van der Waals surface area contributed by atoms with Crippen LogP contribution in [0, 0.1) is 0 Å². The molecule has 2 heterocycles. The highest BCUT2D eigenvalue weighted by Gasteiger charge is 2.28. The first kappa shape index (κ1) is 18.1. The standard InChI is InChI=1S/C7H12N2O3.C7H14N2O/c1-2-8-3-4-9(7(8)12)5-6(10)11;1-3-8-5-6-9(4-2)7(8)10/h2-5H2,1H3,(H,10,11);3-6H2,1-2H3. The molecule has 2 aliphatic heterocycles. The quantitative estimate of drug-likeness (QED) is 0.805. The molecule has 0 atom stereocenters. The molecule has 8 heteroatoms. The van der Waals surface area contributed by atoms with Crippen LogP contribution in [-0.4, -0.2) is 95.1 Å². The molecular formula is C14H26N4O4. The summed E-state index contributed by atoms with van der Waals surface area (Å²) in [6.45, 7) is 11.0. The number of carboxylic acids is 1. The highest BCUT2D eigenvalue weighted by atomic mass is 16.4. The van der Waals surface area contributed by atoms with Crippen LogP contribution in [0.1, 0.15) is 20.8 Å². The van der Waals surface area contributed by atoms with E-state index in [0.29, 0.717) is 19.6 Å². The zero-order valence-electron chi connectivity index (χ0n) is 13.6. The molecule has 2 aliphatic rings. The average molecular weight is 314 g/mol. The van der Waals surface area contributed by atoms with Crippen molar-refractivity contribution in [2.24, 2.45) is 0 Å². The van der Waals surface area contributed by atoms with Gasteiger partial charge in [0.05, 0.1) is 0 Å². The van der Waals surface area contributed by atoms with Crippen LogP contribution in [0.5, 0.6) is 0 Å². The molecule has 0 spiro atoms. The Kier molecular flexibility index (Phi) is 6.94. The summed E-state index contributed by atoms with van der Waals surface area (Å²) in [4.78, 5) is 39.5. The first-order valence-corrected chi connectivity index (χ1v) is 7.74. The monoisotopic (exact) mass is 314 g/mol. The zero-order chi connectivity index (χ0) is 16.7. The van der Waals surface area contributed by atoms with E-state index in [0.717, 1.165) is 26.2 Å². The van der Waals surface area contributed by atoms with Gasteiger partial charge >= 0.3 is 18.0 Å². The summed E-state index contributed by atoms with van der Waals surface area (Å²) in [5.41, 5.74) is 0. The van der Waals surface area contributed by atoms with Crippen molar-refractivity contribution in [3.05, 3.63) is 0 Å². The lowest BCUT2D eigenvalue weighted by molar-refractivity contribution is -0.137. The van der Waals surface area contributed by atoms with Gasteiger partial charge in [-0.05, 0) is 20.8 Å². The molecule has 0 aromatic carbocycles. The fraction of sp³-hybridized carbons (Fsp3) is 0.786. The molecule has 0 radical (unpaired) electrons. The van der Waals surface area contributed by atoms with Crippen LogP contribution >= 0.6 is 0 Å². The molecule has 2 rings (SSSR count). The van der Waals surface area contributed by atoms with Crippen molar-refractivity contribution in [2.45, 2.75) is 20.8 Å². The van der Waals surface area contributed by atoms with Crippen molar-refractivity contribution >= 4 is 18.0 Å². The van der Waals surface area contributed by atoms with Crippen molar-refractivity contribution in [3.63, 3.8) is 0 Å². The van der Waals surface area contributed by atoms with E-state index in [9.17, 15) is 14.4 Å². The maximum atomic E-state index is 11.3. The largest absolute Gasteiger partial charge is 0.480 e. The molecule has 0 unspecified atom stereocenters. The Hall–Kier alpha value is -1.99. The number of hydrogen-bond donors (Lipinski definition) is 1. The molecular weight excluding hydrogens is 288 g/mol. The van der Waals surface area contributed by atoms with Crippen molar-refractivity contribution in [2.75, 3.05) is 52.4 Å². The van der Waals surface area contributed by atoms with Gasteiger partial charge in [-0.25, -0.2) is 9.59 Å². The summed E-state index contributed by atoms with van der Waals surface area (Å²) < 4.78 is 0. The van der Waals surface area contributed by atoms with Crippen LogP contribution in [0.25, 0.3) is 0 Å². The Morgan fingerprint density at radius 1 is 0.818 bits per heavy atom. The SMILES string of the molecule is CCN1CCN(CC(=O)O)C1=O.CCN1CCN(CC)C1=O. The molecule has 0 bridgehead atoms. The topological polar surface area (TPSA) is 84.4 Å². The molecule has 2 fully saturated rings. The predicted octanol–water partition coefficient (Wildman–Crippen LogP) is 0.592. The highest BCUT2D eigenvalue weighted by molar-refractivity contribution is 5.81. The fourth-order valence-corrected chi connectivity index (χ4v) is 2.46. The van der Waals surface area contributed by atoms with E-state index in [-0.39, 0.29) is 18.6 Å². The van der Waals surface area contributed by atoms with E-state index in [1.807, 2.05) is 30.6 Å². The molecule has 0 aromatic rings. The lowest BCUT2D eigenvalue weighted by atomic mass is 10.5. The molecule has 126 valence electrons. The molecule has 0 saturated carbocycles. The Morgan fingerprint density at radius 3 is 1.41 bits per heavy atom. The number of nitrogens with zero attached hydrogens (tertiary/aromatic N) is 4. The lowest BCUT2D eigenvalue weighted by Gasteiger charge is -2.14. The number of aliphatic carboxylic acids is 1. The van der Waals surface area contributed by atoms with Crippen LogP contribution < -0.4 is 0 Å². The molecule has 0 aliphatic carbocycles. The summed E-state index contributed by atoms with van der Waals surface area (Å²) in [5.74, 6) is -0.957. The van der Waals surface area contributed by atoms with E-state index in [4.69, 9.17) is 5.11 Å². The summed E-state index contributed by atoms with van der Waals surface area (Å²) in [7, 11) is 0. The smallest absolute Gasteiger partial charge is 0.323 e. The third-order valence-electron chi connectivity index (χ3n) is 3.83. The summed E-state index contributed by atoms with van der Waals surface area (Å²) >= 11 is 0. The van der Waals surface area contributed by atoms with Gasteiger partial charge in [0.1, 0.15) is 6.54 Å². The number of carboxylic acid groups (broad SMARTS) is 1. The second-order valence-electron chi connectivity index (χ2n) is 5.12. The minimum absolute atomic E-state index is 0.167. The van der Waals surface area contributed by atoms with Crippen LogP contribution in [0.2, 0.25) is 0 Å². The normalized spacial score (nSPS) is 18.0. The molecule has 1 N–H and O–H groups in total. The summed E-state index contributed by atoms with van der Waals surface area (Å²) in [5, 5.41) is 8.44. The molecule has 22 heavy (non-hydrogen) atoms. The minimum atomic E-state index is -0.957. The van der Waals surface area contributed by atoms with E-state index < -0.39 is 5.97 Å². The highest BCUT2D eigenvalue weighted by Crippen LogP contribution is 2.07. The van der Waals surface area contributed by atoms with Gasteiger partial charge in [-0.2, -0.15) is 0 Å². The number of hydrogen-bond acceptors (Lipinski definition) is 3. The Morgan fingerprint density at radius 2 is 1.14 bits per heavy atom. The van der Waals surface area contributed by atoms with Crippen LogP contribution in [-0.2, 0) is 4.79 Å². The van der Waals surface area contributed by atoms with Gasteiger partial charge in [-0.1, -0.05) is 0 Å². The fourth-order valence-electron chi connectivity index (χ4n) is 2.46. The number of likely N-dealkylation sites (N-methyl/N-ethyl adjacent to an activating group) is 3. The second kappa shape index (κ2) is 8.45. The van der Waals surface area contributed by atoms with Crippen molar-refractivity contribution < 1.29 is 19.5 Å². The lowest BCUT2D eigenvalue weighted by Crippen LogP contribution is -2.35. The Balaban J connectivity index is 0.000000224. The molecule has 8 nitrogen and oxygen atoms in total. The van der Waals surface area contributed by atoms with E-state index in [1.54, 1.807) is 4.90 Å². The van der Waals surface area contributed by atoms with Gasteiger partial charge in [0.2, 0.25) is 0 Å². The maximum Gasteiger partial charge on any atom is 0.323 e. The van der Waals surface area contributed by atoms with Crippen molar-refractivity contribution in [3.8, 4) is 0 Å². The second-order valence-corrected chi connectivity index (χ2v) is 5.12. The van der Waals surface area contributed by atoms with Crippen molar-refractivity contribution in [1.29, 1.82) is 0 Å². The van der Waals surface area contributed by atoms with Crippen molar-refractivity contribution in [1.82, 2.24) is 19.6 Å². The summed E-state index contributed by atoms with van der Waals surface area (Å²) in [6.07, 6.45) is 0. The van der Waals surface area contributed by atoms with Gasteiger partial charge in [-0.3, -0.25) is 4.79 Å². The van der Waals surface area contributed by atoms with Gasteiger partial charge < -0.3 is 24.7 Å². The van der Waals surface area contributed by atoms with Gasteiger partial charge in [0.15, 0.2) is 0 Å². The average Bonchev–Trinajstić information content (AvgIpc) is 3.02. The van der Waals surface area contributed by atoms with E-state index >= 15 is 0 Å². The Labute approximate surface area is 131 Å². The van der Waals surface area contributed by atoms with Crippen LogP contribution in [0.15, 0.2) is 0 Å². The number of carbonyl (C=O) groups excluding carboxylic acids is 2. The Bertz CT molecular complexity index is 402. The molecule has 2 saturated heterocycles. The van der Waals surface area contributed by atoms with Gasteiger partial charge in [-0.15, -0.1) is 0 Å². The zero-order valence-corrected chi connectivity index (χ0v) is 13.6. The third kappa shape index (κ3) is 4.51. The molecule has 4 amide bonds. The molecule has 0 aromatic heterocycles. The first-order chi connectivity index (χ1) is 10.4. The number of urea groups is 2.